The summed E-state index contributed by atoms with van der Waals surface area (Å²) in [6.45, 7) is 9.01. The first kappa shape index (κ1) is 22.2. The van der Waals surface area contributed by atoms with Crippen LogP contribution >= 0.6 is 0 Å². The van der Waals surface area contributed by atoms with Gasteiger partial charge in [-0.1, -0.05) is 18.2 Å². The number of nitrogens with zero attached hydrogens (tertiary/aromatic N) is 3. The molecule has 5 nitrogen and oxygen atoms in total. The Morgan fingerprint density at radius 1 is 1.19 bits per heavy atom. The van der Waals surface area contributed by atoms with Crippen LogP contribution in [0.2, 0.25) is 0 Å². The summed E-state index contributed by atoms with van der Waals surface area (Å²) < 4.78 is 42.5. The summed E-state index contributed by atoms with van der Waals surface area (Å²) in [4.78, 5) is 18.4. The van der Waals surface area contributed by atoms with E-state index in [0.29, 0.717) is 13.1 Å². The number of fused-ring (bicyclic) bond motifs is 1. The van der Waals surface area contributed by atoms with E-state index in [2.05, 4.69) is 39.7 Å². The third-order valence-electron chi connectivity index (χ3n) is 7.11. The van der Waals surface area contributed by atoms with Gasteiger partial charge in [-0.05, 0) is 56.1 Å². The standard InChI is InChI=1S/C23H32F3N3O2/c1-3-28-11-5-8-18-6-4-7-19(20(18)28)14-27-15-22(16-27)9-12-29(13-10-22)21(30)31-17(2)23(24,25)26/h4,6-7,17H,3,5,8-16H2,1-2H3. The molecule has 1 atom stereocenters. The van der Waals surface area contributed by atoms with Crippen molar-refractivity contribution in [2.45, 2.75) is 58.4 Å². The second-order valence-electron chi connectivity index (χ2n) is 9.31. The van der Waals surface area contributed by atoms with Gasteiger partial charge in [-0.3, -0.25) is 4.90 Å². The highest BCUT2D eigenvalue weighted by Crippen LogP contribution is 2.42. The van der Waals surface area contributed by atoms with Gasteiger partial charge in [0.1, 0.15) is 0 Å². The van der Waals surface area contributed by atoms with Gasteiger partial charge in [0.15, 0.2) is 6.10 Å². The van der Waals surface area contributed by atoms with Crippen molar-refractivity contribution in [1.82, 2.24) is 9.80 Å². The van der Waals surface area contributed by atoms with Crippen molar-refractivity contribution in [1.29, 1.82) is 0 Å². The van der Waals surface area contributed by atoms with Gasteiger partial charge in [0.05, 0.1) is 0 Å². The molecule has 0 saturated carbocycles. The molecule has 1 aromatic rings. The van der Waals surface area contributed by atoms with E-state index in [1.165, 1.54) is 28.1 Å². The molecule has 3 heterocycles. The number of likely N-dealkylation sites (tertiary alicyclic amines) is 2. The fraction of sp³-hybridized carbons (Fsp3) is 0.696. The van der Waals surface area contributed by atoms with E-state index >= 15 is 0 Å². The molecule has 0 aromatic heterocycles. The number of ether oxygens (including phenoxy) is 1. The number of amides is 1. The zero-order valence-electron chi connectivity index (χ0n) is 18.4. The number of rotatable bonds is 4. The molecule has 1 aromatic carbocycles. The summed E-state index contributed by atoms with van der Waals surface area (Å²) in [5.74, 6) is 0. The smallest absolute Gasteiger partial charge is 0.425 e. The van der Waals surface area contributed by atoms with Crippen LogP contribution in [0.25, 0.3) is 0 Å². The maximum atomic E-state index is 12.6. The number of hydrogen-bond acceptors (Lipinski definition) is 4. The summed E-state index contributed by atoms with van der Waals surface area (Å²) in [6, 6.07) is 6.64. The second kappa shape index (κ2) is 8.52. The zero-order chi connectivity index (χ0) is 22.2. The highest BCUT2D eigenvalue weighted by Gasteiger charge is 2.46. The number of aryl methyl sites for hydroxylation is 1. The van der Waals surface area contributed by atoms with Gasteiger partial charge >= 0.3 is 12.3 Å². The van der Waals surface area contributed by atoms with Crippen LogP contribution in [0.3, 0.4) is 0 Å². The Morgan fingerprint density at radius 2 is 1.90 bits per heavy atom. The van der Waals surface area contributed by atoms with Crippen molar-refractivity contribution in [2.75, 3.05) is 44.2 Å². The highest BCUT2D eigenvalue weighted by molar-refractivity contribution is 5.68. The van der Waals surface area contributed by atoms with Crippen LogP contribution in [0.1, 0.15) is 44.2 Å². The first-order chi connectivity index (χ1) is 14.7. The summed E-state index contributed by atoms with van der Waals surface area (Å²) in [5, 5.41) is 0. The molecule has 0 radical (unpaired) electrons. The Kier molecular flexibility index (Phi) is 6.12. The van der Waals surface area contributed by atoms with E-state index in [9.17, 15) is 18.0 Å². The van der Waals surface area contributed by atoms with Gasteiger partial charge in [0.25, 0.3) is 0 Å². The van der Waals surface area contributed by atoms with Crippen LogP contribution < -0.4 is 4.90 Å². The Morgan fingerprint density at radius 3 is 2.55 bits per heavy atom. The number of benzene rings is 1. The lowest BCUT2D eigenvalue weighted by Crippen LogP contribution is -2.60. The molecular formula is C23H32F3N3O2. The Labute approximate surface area is 182 Å². The quantitative estimate of drug-likeness (QED) is 0.695. The lowest BCUT2D eigenvalue weighted by atomic mass is 9.72. The molecule has 2 fully saturated rings. The number of carbonyl (C=O) groups excluding carboxylic acids is 1. The molecule has 172 valence electrons. The minimum atomic E-state index is -4.52. The van der Waals surface area contributed by atoms with Gasteiger partial charge < -0.3 is 14.5 Å². The number of alkyl halides is 3. The van der Waals surface area contributed by atoms with Crippen molar-refractivity contribution in [3.8, 4) is 0 Å². The van der Waals surface area contributed by atoms with Crippen molar-refractivity contribution in [2.24, 2.45) is 5.41 Å². The van der Waals surface area contributed by atoms with Crippen LogP contribution in [0.15, 0.2) is 18.2 Å². The molecule has 4 rings (SSSR count). The largest absolute Gasteiger partial charge is 0.437 e. The first-order valence-electron chi connectivity index (χ1n) is 11.3. The van der Waals surface area contributed by atoms with Crippen LogP contribution in [-0.4, -0.2) is 67.4 Å². The molecule has 8 heteroatoms. The summed E-state index contributed by atoms with van der Waals surface area (Å²) in [7, 11) is 0. The number of anilines is 1. The number of piperidine rings is 1. The maximum absolute atomic E-state index is 12.6. The normalized spacial score (nSPS) is 22.1. The molecule has 2 saturated heterocycles. The molecule has 1 spiro atoms. The Hall–Kier alpha value is -1.96. The van der Waals surface area contributed by atoms with Crippen LogP contribution in [-0.2, 0) is 17.7 Å². The van der Waals surface area contributed by atoms with Crippen LogP contribution in [0, 0.1) is 5.41 Å². The predicted molar refractivity (Wildman–Crippen MR) is 113 cm³/mol. The molecule has 3 aliphatic rings. The third kappa shape index (κ3) is 4.64. The number of halogens is 3. The summed E-state index contributed by atoms with van der Waals surface area (Å²) in [6.07, 6.45) is -3.48. The fourth-order valence-corrected chi connectivity index (χ4v) is 5.30. The number of para-hydroxylation sites is 1. The van der Waals surface area contributed by atoms with E-state index in [1.54, 1.807) is 0 Å². The van der Waals surface area contributed by atoms with E-state index < -0.39 is 18.4 Å². The van der Waals surface area contributed by atoms with E-state index in [4.69, 9.17) is 0 Å². The minimum Gasteiger partial charge on any atom is -0.437 e. The van der Waals surface area contributed by atoms with Crippen molar-refractivity contribution >= 4 is 11.8 Å². The Balaban J connectivity index is 1.29. The molecule has 0 aliphatic carbocycles. The average Bonchev–Trinajstić information content (AvgIpc) is 2.72. The van der Waals surface area contributed by atoms with E-state index in [1.807, 2.05) is 0 Å². The number of hydrogen-bond donors (Lipinski definition) is 0. The fourth-order valence-electron chi connectivity index (χ4n) is 5.30. The third-order valence-corrected chi connectivity index (χ3v) is 7.11. The molecule has 0 N–H and O–H groups in total. The van der Waals surface area contributed by atoms with Gasteiger partial charge in [-0.25, -0.2) is 4.79 Å². The van der Waals surface area contributed by atoms with Gasteiger partial charge in [0, 0.05) is 51.5 Å². The molecular weight excluding hydrogens is 407 g/mol. The Bertz CT molecular complexity index is 798. The lowest BCUT2D eigenvalue weighted by Gasteiger charge is -2.54. The minimum absolute atomic E-state index is 0.172. The molecule has 0 bridgehead atoms. The van der Waals surface area contributed by atoms with Crippen molar-refractivity contribution < 1.29 is 22.7 Å². The summed E-state index contributed by atoms with van der Waals surface area (Å²) >= 11 is 0. The van der Waals surface area contributed by atoms with Crippen LogP contribution in [0.5, 0.6) is 0 Å². The predicted octanol–water partition coefficient (Wildman–Crippen LogP) is 4.44. The van der Waals surface area contributed by atoms with Gasteiger partial charge in [-0.15, -0.1) is 0 Å². The zero-order valence-corrected chi connectivity index (χ0v) is 18.4. The van der Waals surface area contributed by atoms with Gasteiger partial charge in [-0.2, -0.15) is 13.2 Å². The van der Waals surface area contributed by atoms with Crippen molar-refractivity contribution in [3.05, 3.63) is 29.3 Å². The average molecular weight is 440 g/mol. The first-order valence-corrected chi connectivity index (χ1v) is 11.3. The molecule has 3 aliphatic heterocycles. The highest BCUT2D eigenvalue weighted by atomic mass is 19.4. The topological polar surface area (TPSA) is 36.0 Å². The maximum Gasteiger partial charge on any atom is 0.425 e. The van der Waals surface area contributed by atoms with E-state index in [0.717, 1.165) is 58.9 Å². The lowest BCUT2D eigenvalue weighted by molar-refractivity contribution is -0.200. The molecule has 1 amide bonds. The van der Waals surface area contributed by atoms with Crippen LogP contribution in [0.4, 0.5) is 23.7 Å². The monoisotopic (exact) mass is 439 g/mol. The second-order valence-corrected chi connectivity index (χ2v) is 9.31. The number of carbonyl (C=O) groups is 1. The molecule has 1 unspecified atom stereocenters. The molecule has 31 heavy (non-hydrogen) atoms. The summed E-state index contributed by atoms with van der Waals surface area (Å²) in [5.41, 5.74) is 4.41. The van der Waals surface area contributed by atoms with Gasteiger partial charge in [0.2, 0.25) is 0 Å². The SMILES string of the molecule is CCN1CCCc2cccc(CN3CC4(CCN(C(=O)OC(C)C(F)(F)F)CC4)C3)c21. The van der Waals surface area contributed by atoms with Crippen molar-refractivity contribution in [3.63, 3.8) is 0 Å². The van der Waals surface area contributed by atoms with E-state index in [-0.39, 0.29) is 5.41 Å².